The van der Waals surface area contributed by atoms with Gasteiger partial charge in [0, 0.05) is 23.7 Å². The molecule has 1 amide bonds. The molecular weight excluding hydrogens is 336 g/mol. The number of H-pyrrole nitrogens is 1. The Bertz CT molecular complexity index is 853. The van der Waals surface area contributed by atoms with Gasteiger partial charge in [0.05, 0.1) is 0 Å². The lowest BCUT2D eigenvalue weighted by Gasteiger charge is -2.13. The van der Waals surface area contributed by atoms with Crippen LogP contribution >= 0.6 is 11.6 Å². The molecule has 0 radical (unpaired) electrons. The lowest BCUT2D eigenvalue weighted by molar-refractivity contribution is -0.119. The Morgan fingerprint density at radius 1 is 1.20 bits per heavy atom. The molecule has 25 heavy (non-hydrogen) atoms. The summed E-state index contributed by atoms with van der Waals surface area (Å²) in [5, 5.41) is 3.11. The summed E-state index contributed by atoms with van der Waals surface area (Å²) < 4.78 is 0. The zero-order valence-corrected chi connectivity index (χ0v) is 14.9. The van der Waals surface area contributed by atoms with Crippen LogP contribution in [0.3, 0.4) is 0 Å². The van der Waals surface area contributed by atoms with Gasteiger partial charge in [0.15, 0.2) is 0 Å². The van der Waals surface area contributed by atoms with Crippen molar-refractivity contribution >= 4 is 23.1 Å². The molecule has 0 bridgehead atoms. The van der Waals surface area contributed by atoms with Crippen LogP contribution in [0.1, 0.15) is 43.0 Å². The molecule has 130 valence electrons. The van der Waals surface area contributed by atoms with Gasteiger partial charge >= 0.3 is 0 Å². The Morgan fingerprint density at radius 3 is 2.56 bits per heavy atom. The van der Waals surface area contributed by atoms with E-state index in [-0.39, 0.29) is 22.5 Å². The SMILES string of the molecule is CCCc1ccc(/C(=C\[C@H]2CCC(=O)N2)c2ccc(Cl)c(=O)[nH]2)cc1. The quantitative estimate of drug-likeness (QED) is 0.858. The molecule has 1 aliphatic heterocycles. The van der Waals surface area contributed by atoms with Crippen LogP contribution in [-0.4, -0.2) is 16.9 Å². The minimum absolute atomic E-state index is 0.0306. The molecule has 0 unspecified atom stereocenters. The summed E-state index contributed by atoms with van der Waals surface area (Å²) in [6.07, 6.45) is 5.43. The van der Waals surface area contributed by atoms with E-state index in [0.29, 0.717) is 12.1 Å². The number of pyridine rings is 1. The second kappa shape index (κ2) is 7.70. The van der Waals surface area contributed by atoms with Gasteiger partial charge < -0.3 is 10.3 Å². The summed E-state index contributed by atoms with van der Waals surface area (Å²) in [6.45, 7) is 2.15. The highest BCUT2D eigenvalue weighted by Crippen LogP contribution is 2.25. The van der Waals surface area contributed by atoms with Gasteiger partial charge in [-0.05, 0) is 36.1 Å². The molecular formula is C20H21ClN2O2. The normalized spacial score (nSPS) is 17.6. The lowest BCUT2D eigenvalue weighted by atomic mass is 9.97. The third-order valence-corrected chi connectivity index (χ3v) is 4.65. The fourth-order valence-electron chi connectivity index (χ4n) is 3.06. The molecule has 5 heteroatoms. The molecule has 0 spiro atoms. The van der Waals surface area contributed by atoms with Gasteiger partial charge in [-0.2, -0.15) is 0 Å². The Labute approximate surface area is 151 Å². The first-order chi connectivity index (χ1) is 12.1. The molecule has 2 aromatic rings. The summed E-state index contributed by atoms with van der Waals surface area (Å²) >= 11 is 5.86. The summed E-state index contributed by atoms with van der Waals surface area (Å²) in [5.41, 5.74) is 3.55. The van der Waals surface area contributed by atoms with E-state index in [2.05, 4.69) is 41.5 Å². The number of rotatable bonds is 5. The fourth-order valence-corrected chi connectivity index (χ4v) is 3.17. The van der Waals surface area contributed by atoms with Gasteiger partial charge in [-0.1, -0.05) is 55.3 Å². The topological polar surface area (TPSA) is 62.0 Å². The molecule has 3 rings (SSSR count). The average Bonchev–Trinajstić information content (AvgIpc) is 3.02. The zero-order chi connectivity index (χ0) is 17.8. The third-order valence-electron chi connectivity index (χ3n) is 4.35. The molecule has 1 aromatic heterocycles. The number of carbonyl (C=O) groups excluding carboxylic acids is 1. The van der Waals surface area contributed by atoms with Crippen molar-refractivity contribution in [3.63, 3.8) is 0 Å². The van der Waals surface area contributed by atoms with Crippen LogP contribution in [0, 0.1) is 0 Å². The minimum atomic E-state index is -0.317. The van der Waals surface area contributed by atoms with Crippen LogP contribution in [0.15, 0.2) is 47.3 Å². The Hall–Kier alpha value is -2.33. The molecule has 2 heterocycles. The van der Waals surface area contributed by atoms with Crippen molar-refractivity contribution in [2.75, 3.05) is 0 Å². The highest BCUT2D eigenvalue weighted by molar-refractivity contribution is 6.30. The Morgan fingerprint density at radius 2 is 1.96 bits per heavy atom. The number of aromatic amines is 1. The predicted molar refractivity (Wildman–Crippen MR) is 101 cm³/mol. The molecule has 4 nitrogen and oxygen atoms in total. The van der Waals surface area contributed by atoms with E-state index >= 15 is 0 Å². The maximum Gasteiger partial charge on any atom is 0.267 e. The number of halogens is 1. The van der Waals surface area contributed by atoms with Crippen LogP contribution in [0.2, 0.25) is 5.02 Å². The maximum absolute atomic E-state index is 11.9. The number of amides is 1. The molecule has 2 N–H and O–H groups in total. The number of hydrogen-bond donors (Lipinski definition) is 2. The highest BCUT2D eigenvalue weighted by atomic mass is 35.5. The van der Waals surface area contributed by atoms with Crippen molar-refractivity contribution in [2.45, 2.75) is 38.6 Å². The molecule has 0 saturated carbocycles. The molecule has 1 atom stereocenters. The van der Waals surface area contributed by atoms with Crippen molar-refractivity contribution in [3.8, 4) is 0 Å². The van der Waals surface area contributed by atoms with E-state index in [4.69, 9.17) is 11.6 Å². The number of hydrogen-bond acceptors (Lipinski definition) is 2. The third kappa shape index (κ3) is 4.20. The number of aryl methyl sites for hydroxylation is 1. The summed E-state index contributed by atoms with van der Waals surface area (Å²) in [7, 11) is 0. The molecule has 0 aliphatic carbocycles. The van der Waals surface area contributed by atoms with Crippen LogP contribution in [-0.2, 0) is 11.2 Å². The van der Waals surface area contributed by atoms with Gasteiger partial charge in [-0.15, -0.1) is 0 Å². The summed E-state index contributed by atoms with van der Waals surface area (Å²) in [4.78, 5) is 26.3. The van der Waals surface area contributed by atoms with E-state index in [1.54, 1.807) is 12.1 Å². The van der Waals surface area contributed by atoms with E-state index < -0.39 is 0 Å². The van der Waals surface area contributed by atoms with Crippen LogP contribution < -0.4 is 10.9 Å². The highest BCUT2D eigenvalue weighted by Gasteiger charge is 2.20. The molecule has 1 aromatic carbocycles. The van der Waals surface area contributed by atoms with Crippen molar-refractivity contribution < 1.29 is 4.79 Å². The maximum atomic E-state index is 11.9. The van der Waals surface area contributed by atoms with E-state index in [0.717, 1.165) is 30.4 Å². The van der Waals surface area contributed by atoms with Gasteiger partial charge in [0.2, 0.25) is 5.91 Å². The van der Waals surface area contributed by atoms with Gasteiger partial charge in [-0.3, -0.25) is 9.59 Å². The zero-order valence-electron chi connectivity index (χ0n) is 14.1. The smallest absolute Gasteiger partial charge is 0.267 e. The van der Waals surface area contributed by atoms with Crippen molar-refractivity contribution in [1.82, 2.24) is 10.3 Å². The van der Waals surface area contributed by atoms with Crippen LogP contribution in [0.5, 0.6) is 0 Å². The number of aromatic nitrogens is 1. The largest absolute Gasteiger partial charge is 0.350 e. The van der Waals surface area contributed by atoms with Crippen molar-refractivity contribution in [2.24, 2.45) is 0 Å². The predicted octanol–water partition coefficient (Wildman–Crippen LogP) is 3.69. The Kier molecular flexibility index (Phi) is 5.39. The van der Waals surface area contributed by atoms with E-state index in [9.17, 15) is 9.59 Å². The van der Waals surface area contributed by atoms with Gasteiger partial charge in [0.1, 0.15) is 5.02 Å². The van der Waals surface area contributed by atoms with E-state index in [1.165, 1.54) is 5.56 Å². The summed E-state index contributed by atoms with van der Waals surface area (Å²) in [6, 6.07) is 11.7. The van der Waals surface area contributed by atoms with E-state index in [1.807, 2.05) is 6.08 Å². The van der Waals surface area contributed by atoms with Gasteiger partial charge in [-0.25, -0.2) is 0 Å². The first kappa shape index (κ1) is 17.5. The number of nitrogens with one attached hydrogen (secondary N) is 2. The first-order valence-electron chi connectivity index (χ1n) is 8.56. The lowest BCUT2D eigenvalue weighted by Crippen LogP contribution is -2.23. The van der Waals surface area contributed by atoms with Crippen LogP contribution in [0.25, 0.3) is 5.57 Å². The monoisotopic (exact) mass is 356 g/mol. The van der Waals surface area contributed by atoms with Gasteiger partial charge in [0.25, 0.3) is 5.56 Å². The molecule has 1 saturated heterocycles. The summed E-state index contributed by atoms with van der Waals surface area (Å²) in [5.74, 6) is 0.0588. The van der Waals surface area contributed by atoms with Crippen LogP contribution in [0.4, 0.5) is 0 Å². The number of benzene rings is 1. The first-order valence-corrected chi connectivity index (χ1v) is 8.94. The minimum Gasteiger partial charge on any atom is -0.350 e. The number of carbonyl (C=O) groups is 1. The molecule has 1 fully saturated rings. The Balaban J connectivity index is 2.01. The average molecular weight is 357 g/mol. The standard InChI is InChI=1S/C20H21ClN2O2/c1-2-3-13-4-6-14(7-5-13)16(12-15-8-11-19(24)22-15)18-10-9-17(21)20(25)23-18/h4-7,9-10,12,15H,2-3,8,11H2,1H3,(H,22,24)(H,23,25)/b16-12+/t15-/m1/s1. The molecule has 1 aliphatic rings. The fraction of sp³-hybridized carbons (Fsp3) is 0.300. The van der Waals surface area contributed by atoms with Crippen molar-refractivity contribution in [3.05, 3.63) is 74.7 Å². The van der Waals surface area contributed by atoms with Crippen molar-refractivity contribution in [1.29, 1.82) is 0 Å². The second-order valence-corrected chi connectivity index (χ2v) is 6.70. The second-order valence-electron chi connectivity index (χ2n) is 6.29.